The van der Waals surface area contributed by atoms with Gasteiger partial charge >= 0.3 is 0 Å². The molecular weight excluding hydrogens is 345 g/mol. The summed E-state index contributed by atoms with van der Waals surface area (Å²) in [5.41, 5.74) is 4.82. The summed E-state index contributed by atoms with van der Waals surface area (Å²) in [6.07, 6.45) is 5.52. The fourth-order valence-corrected chi connectivity index (χ4v) is 3.45. The summed E-state index contributed by atoms with van der Waals surface area (Å²) >= 11 is 0. The molecule has 1 aliphatic rings. The molecule has 0 spiro atoms. The Morgan fingerprint density at radius 1 is 1.19 bits per heavy atom. The molecule has 2 N–H and O–H groups in total. The molecule has 0 aliphatic carbocycles. The monoisotopic (exact) mass is 363 g/mol. The zero-order valence-electron chi connectivity index (χ0n) is 14.6. The minimum atomic E-state index is -0.255. The lowest BCUT2D eigenvalue weighted by Crippen LogP contribution is -2.28. The number of nitrogens with one attached hydrogen (secondary N) is 2. The van der Waals surface area contributed by atoms with Crippen molar-refractivity contribution in [3.8, 4) is 22.8 Å². The highest BCUT2D eigenvalue weighted by atomic mass is 19.1. The Morgan fingerprint density at radius 3 is 2.93 bits per heavy atom. The van der Waals surface area contributed by atoms with Crippen molar-refractivity contribution in [2.24, 2.45) is 0 Å². The molecule has 0 saturated heterocycles. The molecule has 8 heteroatoms. The Labute approximate surface area is 154 Å². The van der Waals surface area contributed by atoms with Gasteiger partial charge in [-0.15, -0.1) is 0 Å². The Morgan fingerprint density at radius 2 is 2.07 bits per heavy atom. The molecule has 5 rings (SSSR count). The second-order valence-electron chi connectivity index (χ2n) is 6.58. The minimum absolute atomic E-state index is 0.255. The molecular formula is C19H18FN7. The van der Waals surface area contributed by atoms with Crippen molar-refractivity contribution in [3.05, 3.63) is 66.0 Å². The van der Waals surface area contributed by atoms with E-state index in [9.17, 15) is 4.39 Å². The van der Waals surface area contributed by atoms with Crippen LogP contribution < -0.4 is 5.32 Å². The van der Waals surface area contributed by atoms with E-state index in [2.05, 4.69) is 31.1 Å². The first kappa shape index (κ1) is 16.0. The first-order chi connectivity index (χ1) is 13.3. The van der Waals surface area contributed by atoms with Crippen LogP contribution in [0.25, 0.3) is 22.8 Å². The van der Waals surface area contributed by atoms with Gasteiger partial charge in [0.15, 0.2) is 5.82 Å². The Bertz CT molecular complexity index is 1050. The number of fused-ring (bicyclic) bond motifs is 1. The van der Waals surface area contributed by atoms with Gasteiger partial charge in [0.2, 0.25) is 0 Å². The van der Waals surface area contributed by atoms with Gasteiger partial charge in [0.05, 0.1) is 30.7 Å². The number of benzene rings is 1. The van der Waals surface area contributed by atoms with Crippen molar-refractivity contribution in [2.45, 2.75) is 19.6 Å². The number of halogens is 1. The van der Waals surface area contributed by atoms with Crippen molar-refractivity contribution in [3.63, 3.8) is 0 Å². The molecule has 1 aliphatic heterocycles. The first-order valence-corrected chi connectivity index (χ1v) is 8.85. The van der Waals surface area contributed by atoms with Gasteiger partial charge in [-0.05, 0) is 30.3 Å². The Balaban J connectivity index is 1.47. The van der Waals surface area contributed by atoms with Gasteiger partial charge in [-0.1, -0.05) is 0 Å². The molecule has 3 aromatic heterocycles. The zero-order chi connectivity index (χ0) is 18.2. The quantitative estimate of drug-likeness (QED) is 0.584. The van der Waals surface area contributed by atoms with Crippen molar-refractivity contribution in [2.75, 3.05) is 6.54 Å². The molecule has 0 atom stereocenters. The third kappa shape index (κ3) is 2.93. The molecule has 0 radical (unpaired) electrons. The molecule has 7 nitrogen and oxygen atoms in total. The van der Waals surface area contributed by atoms with Crippen LogP contribution in [0, 0.1) is 5.82 Å². The fourth-order valence-electron chi connectivity index (χ4n) is 3.45. The van der Waals surface area contributed by atoms with Crippen molar-refractivity contribution < 1.29 is 4.39 Å². The van der Waals surface area contributed by atoms with Gasteiger partial charge in [-0.25, -0.2) is 9.37 Å². The highest BCUT2D eigenvalue weighted by Gasteiger charge is 2.17. The number of nitrogens with zero attached hydrogens (tertiary/aromatic N) is 5. The summed E-state index contributed by atoms with van der Waals surface area (Å²) in [6.45, 7) is 3.22. The zero-order valence-corrected chi connectivity index (χ0v) is 14.6. The third-order valence-electron chi connectivity index (χ3n) is 4.81. The maximum atomic E-state index is 13.2. The molecule has 0 fully saturated rings. The summed E-state index contributed by atoms with van der Waals surface area (Å²) in [7, 11) is 0. The lowest BCUT2D eigenvalue weighted by Gasteiger charge is -2.13. The molecule has 0 unspecified atom stereocenters. The molecule has 1 aromatic carbocycles. The van der Waals surface area contributed by atoms with E-state index in [1.807, 2.05) is 10.9 Å². The number of imidazole rings is 1. The van der Waals surface area contributed by atoms with E-state index < -0.39 is 0 Å². The maximum Gasteiger partial charge on any atom is 0.160 e. The highest BCUT2D eigenvalue weighted by Crippen LogP contribution is 2.25. The molecule has 0 amide bonds. The van der Waals surface area contributed by atoms with E-state index in [0.29, 0.717) is 6.54 Å². The SMILES string of the molecule is Fc1ccc(-c2[nH]ncc2Cn2ccnc2-c2cc3n(n2)CCNC3)cc1. The van der Waals surface area contributed by atoms with E-state index in [4.69, 9.17) is 5.10 Å². The second-order valence-corrected chi connectivity index (χ2v) is 6.58. The summed E-state index contributed by atoms with van der Waals surface area (Å²) in [5, 5.41) is 15.2. The van der Waals surface area contributed by atoms with Gasteiger partial charge in [-0.3, -0.25) is 9.78 Å². The van der Waals surface area contributed by atoms with Crippen molar-refractivity contribution in [1.82, 2.24) is 34.8 Å². The largest absolute Gasteiger partial charge is 0.325 e. The second kappa shape index (κ2) is 6.48. The van der Waals surface area contributed by atoms with Crippen LogP contribution in [0.5, 0.6) is 0 Å². The molecule has 4 heterocycles. The topological polar surface area (TPSA) is 76.3 Å². The molecule has 136 valence electrons. The average molecular weight is 363 g/mol. The maximum absolute atomic E-state index is 13.2. The lowest BCUT2D eigenvalue weighted by atomic mass is 10.1. The fraction of sp³-hybridized carbons (Fsp3) is 0.211. The summed E-state index contributed by atoms with van der Waals surface area (Å²) in [6, 6.07) is 8.48. The van der Waals surface area contributed by atoms with Gasteiger partial charge < -0.3 is 9.88 Å². The van der Waals surface area contributed by atoms with Crippen LogP contribution in [0.1, 0.15) is 11.3 Å². The first-order valence-electron chi connectivity index (χ1n) is 8.85. The smallest absolute Gasteiger partial charge is 0.160 e. The highest BCUT2D eigenvalue weighted by molar-refractivity contribution is 5.62. The molecule has 27 heavy (non-hydrogen) atoms. The number of hydrogen-bond acceptors (Lipinski definition) is 4. The summed E-state index contributed by atoms with van der Waals surface area (Å²) < 4.78 is 17.3. The van der Waals surface area contributed by atoms with Crippen LogP contribution in [0.15, 0.2) is 48.9 Å². The Hall–Kier alpha value is -3.26. The van der Waals surface area contributed by atoms with Gasteiger partial charge in [0.25, 0.3) is 0 Å². The number of rotatable bonds is 4. The van der Waals surface area contributed by atoms with Gasteiger partial charge in [0.1, 0.15) is 11.5 Å². The third-order valence-corrected chi connectivity index (χ3v) is 4.81. The van der Waals surface area contributed by atoms with Crippen molar-refractivity contribution >= 4 is 0 Å². The van der Waals surface area contributed by atoms with E-state index in [-0.39, 0.29) is 5.82 Å². The van der Waals surface area contributed by atoms with Crippen molar-refractivity contribution in [1.29, 1.82) is 0 Å². The van der Waals surface area contributed by atoms with E-state index in [0.717, 1.165) is 48.0 Å². The molecule has 4 aromatic rings. The number of aromatic nitrogens is 6. The van der Waals surface area contributed by atoms with Crippen LogP contribution in [-0.4, -0.2) is 36.1 Å². The number of H-pyrrole nitrogens is 1. The Kier molecular flexibility index (Phi) is 3.83. The van der Waals surface area contributed by atoms with Crippen LogP contribution >= 0.6 is 0 Å². The average Bonchev–Trinajstić information content (AvgIpc) is 3.41. The minimum Gasteiger partial charge on any atom is -0.325 e. The van der Waals surface area contributed by atoms with Gasteiger partial charge in [-0.2, -0.15) is 10.2 Å². The molecule has 0 bridgehead atoms. The summed E-state index contributed by atoms with van der Waals surface area (Å²) in [4.78, 5) is 4.51. The van der Waals surface area contributed by atoms with E-state index in [1.54, 1.807) is 24.5 Å². The van der Waals surface area contributed by atoms with E-state index in [1.165, 1.54) is 17.8 Å². The molecule has 0 saturated carbocycles. The predicted molar refractivity (Wildman–Crippen MR) is 98.2 cm³/mol. The van der Waals surface area contributed by atoms with Gasteiger partial charge in [0, 0.05) is 36.6 Å². The number of aromatic amines is 1. The number of hydrogen-bond donors (Lipinski definition) is 2. The summed E-state index contributed by atoms with van der Waals surface area (Å²) in [5.74, 6) is 0.568. The lowest BCUT2D eigenvalue weighted by molar-refractivity contribution is 0.476. The van der Waals surface area contributed by atoms with Crippen LogP contribution in [0.2, 0.25) is 0 Å². The van der Waals surface area contributed by atoms with Crippen LogP contribution in [-0.2, 0) is 19.6 Å². The van der Waals surface area contributed by atoms with Crippen LogP contribution in [0.3, 0.4) is 0 Å². The van der Waals surface area contributed by atoms with Crippen LogP contribution in [0.4, 0.5) is 4.39 Å². The van der Waals surface area contributed by atoms with E-state index >= 15 is 0 Å². The normalized spacial score (nSPS) is 13.7. The standard InChI is InChI=1S/C19H18FN7/c20-15-3-1-13(2-4-15)18-14(10-23-24-18)12-26-7-6-22-19(26)17-9-16-11-21-5-8-27(16)25-17/h1-4,6-7,9-10,21H,5,8,11-12H2,(H,23,24). The predicted octanol–water partition coefficient (Wildman–Crippen LogP) is 2.43.